The molecular weight excluding hydrogens is 464 g/mol. The van der Waals surface area contributed by atoms with Crippen LogP contribution in [0.15, 0.2) is 86.9 Å². The molecule has 2 N–H and O–H groups in total. The molecule has 180 valence electrons. The summed E-state index contributed by atoms with van der Waals surface area (Å²) in [4.78, 5) is 26.3. The summed E-state index contributed by atoms with van der Waals surface area (Å²) in [7, 11) is -3.78. The molecule has 0 saturated heterocycles. The highest BCUT2D eigenvalue weighted by Gasteiger charge is 2.23. The minimum Gasteiger partial charge on any atom is -0.455 e. The van der Waals surface area contributed by atoms with Crippen LogP contribution in [0.2, 0.25) is 0 Å². The van der Waals surface area contributed by atoms with Crippen molar-refractivity contribution >= 4 is 32.6 Å². The first-order valence-corrected chi connectivity index (χ1v) is 12.5. The molecule has 35 heavy (non-hydrogen) atoms. The number of nitrogens with one attached hydrogen (secondary N) is 2. The van der Waals surface area contributed by atoms with Gasteiger partial charge >= 0.3 is 0 Å². The van der Waals surface area contributed by atoms with E-state index in [-0.39, 0.29) is 21.5 Å². The lowest BCUT2D eigenvalue weighted by atomic mass is 10.0. The average Bonchev–Trinajstić information content (AvgIpc) is 2.80. The smallest absolute Gasteiger partial charge is 0.259 e. The molecule has 3 aromatic carbocycles. The van der Waals surface area contributed by atoms with E-state index >= 15 is 0 Å². The summed E-state index contributed by atoms with van der Waals surface area (Å²) in [5.41, 5.74) is 0.916. The number of sulfonamides is 1. The Labute approximate surface area is 203 Å². The van der Waals surface area contributed by atoms with Crippen LogP contribution in [0.4, 0.5) is 5.69 Å². The largest absolute Gasteiger partial charge is 0.455 e. The third-order valence-corrected chi connectivity index (χ3v) is 7.02. The minimum atomic E-state index is -3.78. The summed E-state index contributed by atoms with van der Waals surface area (Å²) in [6, 6.07) is 20.0. The first kappa shape index (κ1) is 24.4. The first-order valence-electron chi connectivity index (χ1n) is 11.0. The van der Waals surface area contributed by atoms with Crippen molar-refractivity contribution in [1.82, 2.24) is 4.72 Å². The zero-order valence-corrected chi connectivity index (χ0v) is 20.7. The molecule has 1 amide bonds. The van der Waals surface area contributed by atoms with Gasteiger partial charge in [-0.25, -0.2) is 13.1 Å². The summed E-state index contributed by atoms with van der Waals surface area (Å²) in [6.45, 7) is 6.93. The molecule has 1 heterocycles. The molecule has 1 aromatic heterocycles. The number of hydrogen-bond acceptors (Lipinski definition) is 5. The van der Waals surface area contributed by atoms with Crippen molar-refractivity contribution in [3.05, 3.63) is 94.1 Å². The molecule has 7 nitrogen and oxygen atoms in total. The number of para-hydroxylation sites is 1. The number of anilines is 1. The molecule has 0 spiro atoms. The van der Waals surface area contributed by atoms with Crippen molar-refractivity contribution in [2.24, 2.45) is 0 Å². The van der Waals surface area contributed by atoms with E-state index in [9.17, 15) is 18.0 Å². The van der Waals surface area contributed by atoms with E-state index in [1.165, 1.54) is 12.1 Å². The van der Waals surface area contributed by atoms with Crippen LogP contribution >= 0.6 is 0 Å². The van der Waals surface area contributed by atoms with Crippen LogP contribution in [0.25, 0.3) is 22.3 Å². The highest BCUT2D eigenvalue weighted by Crippen LogP contribution is 2.28. The molecule has 4 rings (SSSR count). The number of hydrogen-bond donors (Lipinski definition) is 2. The van der Waals surface area contributed by atoms with Gasteiger partial charge in [-0.2, -0.15) is 0 Å². The predicted molar refractivity (Wildman–Crippen MR) is 137 cm³/mol. The van der Waals surface area contributed by atoms with Gasteiger partial charge < -0.3 is 9.73 Å². The van der Waals surface area contributed by atoms with E-state index in [4.69, 9.17) is 4.42 Å². The van der Waals surface area contributed by atoms with Gasteiger partial charge in [0.2, 0.25) is 10.0 Å². The summed E-state index contributed by atoms with van der Waals surface area (Å²) in [5.74, 6) is -0.135. The Kier molecular flexibility index (Phi) is 6.36. The number of fused-ring (bicyclic) bond motifs is 1. The highest BCUT2D eigenvalue weighted by molar-refractivity contribution is 7.89. The maximum absolute atomic E-state index is 13.2. The van der Waals surface area contributed by atoms with Crippen LogP contribution in [0.3, 0.4) is 0 Å². The van der Waals surface area contributed by atoms with Gasteiger partial charge in [-0.15, -0.1) is 0 Å². The van der Waals surface area contributed by atoms with Crippen molar-refractivity contribution < 1.29 is 17.6 Å². The van der Waals surface area contributed by atoms with Crippen molar-refractivity contribution in [3.63, 3.8) is 0 Å². The Morgan fingerprint density at radius 1 is 0.914 bits per heavy atom. The number of carbonyl (C=O) groups excluding carboxylic acids is 1. The van der Waals surface area contributed by atoms with Crippen molar-refractivity contribution in [1.29, 1.82) is 0 Å². The molecule has 0 bridgehead atoms. The van der Waals surface area contributed by atoms with Crippen molar-refractivity contribution in [2.45, 2.75) is 38.1 Å². The summed E-state index contributed by atoms with van der Waals surface area (Å²) in [6.07, 6.45) is 0. The van der Waals surface area contributed by atoms with Crippen molar-refractivity contribution in [2.75, 3.05) is 5.32 Å². The van der Waals surface area contributed by atoms with Gasteiger partial charge in [-0.05, 0) is 58.0 Å². The lowest BCUT2D eigenvalue weighted by Crippen LogP contribution is -2.40. The number of benzene rings is 3. The third-order valence-electron chi connectivity index (χ3n) is 5.27. The van der Waals surface area contributed by atoms with Crippen LogP contribution in [0.1, 0.15) is 36.7 Å². The molecule has 0 aliphatic heterocycles. The highest BCUT2D eigenvalue weighted by atomic mass is 32.2. The molecule has 0 aliphatic rings. The predicted octanol–water partition coefficient (Wildman–Crippen LogP) is 5.10. The molecule has 0 aliphatic carbocycles. The molecular formula is C27H26N2O5S. The topological polar surface area (TPSA) is 105 Å². The molecule has 0 fully saturated rings. The Morgan fingerprint density at radius 2 is 1.60 bits per heavy atom. The van der Waals surface area contributed by atoms with Crippen LogP contribution < -0.4 is 15.5 Å². The Balaban J connectivity index is 1.74. The standard InChI is InChI=1S/C27H26N2O5S/c1-17-23(30)21-14-9-15-22(25(21)34-24(17)18-10-6-5-7-11-18)26(31)28-19-12-8-13-20(16-19)35(32,33)29-27(2,3)4/h5-16,29H,1-4H3,(H,28,31). The fraction of sp³-hybridized carbons (Fsp3) is 0.185. The van der Waals surface area contributed by atoms with Gasteiger partial charge in [0.15, 0.2) is 11.0 Å². The number of rotatable bonds is 5. The SMILES string of the molecule is Cc1c(-c2ccccc2)oc2c(C(=O)Nc3cccc(S(=O)(=O)NC(C)(C)C)c3)cccc2c1=O. The van der Waals surface area contributed by atoms with E-state index in [0.29, 0.717) is 22.4 Å². The van der Waals surface area contributed by atoms with Gasteiger partial charge in [0.05, 0.1) is 15.8 Å². The van der Waals surface area contributed by atoms with E-state index in [2.05, 4.69) is 10.0 Å². The second-order valence-electron chi connectivity index (χ2n) is 9.27. The zero-order valence-electron chi connectivity index (χ0n) is 19.9. The summed E-state index contributed by atoms with van der Waals surface area (Å²) >= 11 is 0. The van der Waals surface area contributed by atoms with E-state index in [0.717, 1.165) is 5.56 Å². The normalized spacial score (nSPS) is 12.0. The lowest BCUT2D eigenvalue weighted by molar-refractivity contribution is 0.102. The third kappa shape index (κ3) is 5.18. The van der Waals surface area contributed by atoms with Gasteiger partial charge in [0.1, 0.15) is 5.76 Å². The molecule has 0 radical (unpaired) electrons. The Morgan fingerprint density at radius 3 is 2.29 bits per heavy atom. The monoisotopic (exact) mass is 490 g/mol. The van der Waals surface area contributed by atoms with Crippen LogP contribution in [0.5, 0.6) is 0 Å². The maximum Gasteiger partial charge on any atom is 0.259 e. The van der Waals surface area contributed by atoms with Gasteiger partial charge in [0.25, 0.3) is 5.91 Å². The Hall–Kier alpha value is -3.75. The fourth-order valence-electron chi connectivity index (χ4n) is 3.75. The van der Waals surface area contributed by atoms with E-state index in [1.54, 1.807) is 58.0 Å². The van der Waals surface area contributed by atoms with E-state index in [1.807, 2.05) is 30.3 Å². The maximum atomic E-state index is 13.2. The number of carbonyl (C=O) groups is 1. The fourth-order valence-corrected chi connectivity index (χ4v) is 5.22. The summed E-state index contributed by atoms with van der Waals surface area (Å²) < 4.78 is 34.1. The molecule has 0 saturated carbocycles. The second kappa shape index (κ2) is 9.13. The van der Waals surface area contributed by atoms with Gasteiger partial charge in [-0.1, -0.05) is 42.5 Å². The molecule has 0 atom stereocenters. The van der Waals surface area contributed by atoms with Crippen molar-refractivity contribution in [3.8, 4) is 11.3 Å². The van der Waals surface area contributed by atoms with Gasteiger partial charge in [0, 0.05) is 22.4 Å². The van der Waals surface area contributed by atoms with E-state index < -0.39 is 21.5 Å². The van der Waals surface area contributed by atoms with Crippen LogP contribution in [0, 0.1) is 6.92 Å². The first-order chi connectivity index (χ1) is 16.5. The molecule has 8 heteroatoms. The summed E-state index contributed by atoms with van der Waals surface area (Å²) in [5, 5.41) is 3.02. The van der Waals surface area contributed by atoms with Crippen LogP contribution in [-0.4, -0.2) is 19.9 Å². The Bertz CT molecular complexity index is 1580. The second-order valence-corrected chi connectivity index (χ2v) is 11.0. The van der Waals surface area contributed by atoms with Crippen LogP contribution in [-0.2, 0) is 10.0 Å². The molecule has 0 unspecified atom stereocenters. The zero-order chi connectivity index (χ0) is 25.4. The minimum absolute atomic E-state index is 0.0247. The molecule has 4 aromatic rings. The quantitative estimate of drug-likeness (QED) is 0.405. The lowest BCUT2D eigenvalue weighted by Gasteiger charge is -2.20. The number of amides is 1. The average molecular weight is 491 g/mol. The van der Waals surface area contributed by atoms with Gasteiger partial charge in [-0.3, -0.25) is 9.59 Å².